The average molecular weight is 192 g/mol. The van der Waals surface area contributed by atoms with Crippen LogP contribution in [0.15, 0.2) is 18.6 Å². The molecule has 0 aliphatic carbocycles. The zero-order valence-corrected chi connectivity index (χ0v) is 8.43. The van der Waals surface area contributed by atoms with Crippen molar-refractivity contribution in [1.29, 1.82) is 0 Å². The van der Waals surface area contributed by atoms with Gasteiger partial charge in [0, 0.05) is 25.3 Å². The number of nitrogens with zero attached hydrogens (tertiary/aromatic N) is 3. The molecule has 0 saturated carbocycles. The number of nitrogens with two attached hydrogens (primary N) is 1. The van der Waals surface area contributed by atoms with Crippen molar-refractivity contribution in [2.75, 3.05) is 18.0 Å². The lowest BCUT2D eigenvalue weighted by molar-refractivity contribution is 0.488. The molecule has 1 aromatic rings. The van der Waals surface area contributed by atoms with Crippen LogP contribution in [0.3, 0.4) is 0 Å². The van der Waals surface area contributed by atoms with E-state index in [4.69, 9.17) is 5.73 Å². The van der Waals surface area contributed by atoms with E-state index in [0.29, 0.717) is 5.92 Å². The van der Waals surface area contributed by atoms with Crippen LogP contribution in [0.1, 0.15) is 13.3 Å². The lowest BCUT2D eigenvalue weighted by Crippen LogP contribution is -2.29. The van der Waals surface area contributed by atoms with Gasteiger partial charge >= 0.3 is 0 Å². The van der Waals surface area contributed by atoms with E-state index in [9.17, 15) is 0 Å². The zero-order valence-electron chi connectivity index (χ0n) is 8.43. The first-order valence-electron chi connectivity index (χ1n) is 5.04. The van der Waals surface area contributed by atoms with Crippen LogP contribution in [-0.2, 0) is 0 Å². The normalized spacial score (nSPS) is 23.9. The van der Waals surface area contributed by atoms with Gasteiger partial charge in [-0.15, -0.1) is 0 Å². The van der Waals surface area contributed by atoms with Gasteiger partial charge in [-0.25, -0.2) is 9.97 Å². The Bertz CT molecular complexity index is 285. The van der Waals surface area contributed by atoms with Gasteiger partial charge in [-0.2, -0.15) is 0 Å². The fourth-order valence-electron chi connectivity index (χ4n) is 1.90. The van der Waals surface area contributed by atoms with E-state index in [1.165, 1.54) is 6.42 Å². The molecule has 1 aliphatic heterocycles. The Morgan fingerprint density at radius 3 is 3.07 bits per heavy atom. The van der Waals surface area contributed by atoms with Crippen molar-refractivity contribution in [2.24, 2.45) is 11.7 Å². The number of aromatic nitrogens is 2. The molecular weight excluding hydrogens is 176 g/mol. The van der Waals surface area contributed by atoms with Crippen LogP contribution in [0.2, 0.25) is 0 Å². The maximum atomic E-state index is 5.88. The number of hydrogen-bond acceptors (Lipinski definition) is 4. The molecule has 14 heavy (non-hydrogen) atoms. The minimum Gasteiger partial charge on any atom is -0.356 e. The molecule has 0 aromatic carbocycles. The van der Waals surface area contributed by atoms with Crippen molar-refractivity contribution in [1.82, 2.24) is 9.97 Å². The fourth-order valence-corrected chi connectivity index (χ4v) is 1.90. The molecule has 1 saturated heterocycles. The third-order valence-electron chi connectivity index (χ3n) is 2.86. The summed E-state index contributed by atoms with van der Waals surface area (Å²) in [4.78, 5) is 10.4. The van der Waals surface area contributed by atoms with E-state index in [2.05, 4.69) is 21.8 Å². The quantitative estimate of drug-likeness (QED) is 0.747. The highest BCUT2D eigenvalue weighted by Gasteiger charge is 2.25. The fraction of sp³-hybridized carbons (Fsp3) is 0.600. The van der Waals surface area contributed by atoms with Gasteiger partial charge in [-0.1, -0.05) is 0 Å². The van der Waals surface area contributed by atoms with E-state index < -0.39 is 0 Å². The summed E-state index contributed by atoms with van der Waals surface area (Å²) in [6.45, 7) is 4.16. The summed E-state index contributed by atoms with van der Waals surface area (Å²) in [6.07, 6.45) is 4.54. The molecule has 4 heteroatoms. The summed E-state index contributed by atoms with van der Waals surface area (Å²) >= 11 is 0. The Kier molecular flexibility index (Phi) is 2.63. The Balaban J connectivity index is 2.03. The SMILES string of the molecule is CC(N)C1CCN(c2ccncn2)C1. The number of hydrogen-bond donors (Lipinski definition) is 1. The smallest absolute Gasteiger partial charge is 0.131 e. The molecule has 76 valence electrons. The van der Waals surface area contributed by atoms with Gasteiger partial charge in [0.1, 0.15) is 12.1 Å². The summed E-state index contributed by atoms with van der Waals surface area (Å²) in [6, 6.07) is 2.23. The molecule has 2 unspecified atom stereocenters. The molecule has 0 bridgehead atoms. The lowest BCUT2D eigenvalue weighted by Gasteiger charge is -2.18. The van der Waals surface area contributed by atoms with Gasteiger partial charge in [0.2, 0.25) is 0 Å². The minimum absolute atomic E-state index is 0.279. The first kappa shape index (κ1) is 9.40. The van der Waals surface area contributed by atoms with Crippen molar-refractivity contribution in [3.63, 3.8) is 0 Å². The third-order valence-corrected chi connectivity index (χ3v) is 2.86. The van der Waals surface area contributed by atoms with Crippen LogP contribution < -0.4 is 10.6 Å². The summed E-state index contributed by atoms with van der Waals surface area (Å²) in [5.41, 5.74) is 5.88. The Labute approximate surface area is 84.2 Å². The van der Waals surface area contributed by atoms with Crippen molar-refractivity contribution < 1.29 is 0 Å². The van der Waals surface area contributed by atoms with Crippen molar-refractivity contribution >= 4 is 5.82 Å². The van der Waals surface area contributed by atoms with E-state index >= 15 is 0 Å². The molecular formula is C10H16N4. The van der Waals surface area contributed by atoms with Gasteiger partial charge in [0.05, 0.1) is 0 Å². The lowest BCUT2D eigenvalue weighted by atomic mass is 10.0. The van der Waals surface area contributed by atoms with Gasteiger partial charge in [-0.05, 0) is 25.3 Å². The van der Waals surface area contributed by atoms with Crippen LogP contribution in [0, 0.1) is 5.92 Å². The zero-order chi connectivity index (χ0) is 9.97. The van der Waals surface area contributed by atoms with Crippen LogP contribution in [-0.4, -0.2) is 29.1 Å². The van der Waals surface area contributed by atoms with Gasteiger partial charge in [0.15, 0.2) is 0 Å². The highest BCUT2D eigenvalue weighted by atomic mass is 15.2. The summed E-state index contributed by atoms with van der Waals surface area (Å²) < 4.78 is 0. The van der Waals surface area contributed by atoms with Crippen LogP contribution in [0.25, 0.3) is 0 Å². The average Bonchev–Trinajstić information content (AvgIpc) is 2.68. The standard InChI is InChI=1S/C10H16N4/c1-8(11)9-3-5-14(6-9)10-2-4-12-7-13-10/h2,4,7-9H,3,5-6,11H2,1H3. The summed E-state index contributed by atoms with van der Waals surface area (Å²) in [7, 11) is 0. The van der Waals surface area contributed by atoms with Gasteiger partial charge in [0.25, 0.3) is 0 Å². The van der Waals surface area contributed by atoms with E-state index in [1.807, 2.05) is 6.07 Å². The second kappa shape index (κ2) is 3.92. The predicted octanol–water partition coefficient (Wildman–Crippen LogP) is 0.650. The van der Waals surface area contributed by atoms with Crippen molar-refractivity contribution in [3.05, 3.63) is 18.6 Å². The topological polar surface area (TPSA) is 55.0 Å². The first-order valence-corrected chi connectivity index (χ1v) is 5.04. The van der Waals surface area contributed by atoms with E-state index in [1.54, 1.807) is 12.5 Å². The van der Waals surface area contributed by atoms with Crippen LogP contribution >= 0.6 is 0 Å². The molecule has 4 nitrogen and oxygen atoms in total. The van der Waals surface area contributed by atoms with Crippen molar-refractivity contribution in [2.45, 2.75) is 19.4 Å². The number of rotatable bonds is 2. The molecule has 1 aliphatic rings. The molecule has 2 rings (SSSR count). The molecule has 1 fully saturated rings. The molecule has 0 radical (unpaired) electrons. The summed E-state index contributed by atoms with van der Waals surface area (Å²) in [5.74, 6) is 1.62. The Morgan fingerprint density at radius 2 is 2.50 bits per heavy atom. The molecule has 0 spiro atoms. The van der Waals surface area contributed by atoms with Crippen LogP contribution in [0.4, 0.5) is 5.82 Å². The second-order valence-electron chi connectivity index (χ2n) is 3.92. The molecule has 2 heterocycles. The minimum atomic E-state index is 0.279. The molecule has 1 aromatic heterocycles. The Hall–Kier alpha value is -1.16. The largest absolute Gasteiger partial charge is 0.356 e. The Morgan fingerprint density at radius 1 is 1.64 bits per heavy atom. The predicted molar refractivity (Wildman–Crippen MR) is 56.0 cm³/mol. The van der Waals surface area contributed by atoms with Gasteiger partial charge in [-0.3, -0.25) is 0 Å². The highest BCUT2D eigenvalue weighted by molar-refractivity contribution is 5.37. The molecule has 0 amide bonds. The third kappa shape index (κ3) is 1.85. The maximum absolute atomic E-state index is 5.88. The highest BCUT2D eigenvalue weighted by Crippen LogP contribution is 2.22. The molecule has 2 atom stereocenters. The van der Waals surface area contributed by atoms with Crippen molar-refractivity contribution in [3.8, 4) is 0 Å². The number of anilines is 1. The monoisotopic (exact) mass is 192 g/mol. The molecule has 2 N–H and O–H groups in total. The maximum Gasteiger partial charge on any atom is 0.131 e. The van der Waals surface area contributed by atoms with Crippen LogP contribution in [0.5, 0.6) is 0 Å². The first-order chi connectivity index (χ1) is 6.77. The summed E-state index contributed by atoms with van der Waals surface area (Å²) in [5, 5.41) is 0. The van der Waals surface area contributed by atoms with E-state index in [-0.39, 0.29) is 6.04 Å². The van der Waals surface area contributed by atoms with Gasteiger partial charge < -0.3 is 10.6 Å². The second-order valence-corrected chi connectivity index (χ2v) is 3.92. The van der Waals surface area contributed by atoms with E-state index in [0.717, 1.165) is 18.9 Å².